The topological polar surface area (TPSA) is 110 Å². The summed E-state index contributed by atoms with van der Waals surface area (Å²) in [6.07, 6.45) is 0.472. The monoisotopic (exact) mass is 342 g/mol. The van der Waals surface area contributed by atoms with Gasteiger partial charge in [0.15, 0.2) is 5.82 Å². The van der Waals surface area contributed by atoms with Crippen molar-refractivity contribution in [2.24, 2.45) is 0 Å². The lowest BCUT2D eigenvalue weighted by Crippen LogP contribution is -2.29. The van der Waals surface area contributed by atoms with E-state index in [1.165, 1.54) is 0 Å². The minimum atomic E-state index is -0.220. The smallest absolute Gasteiger partial charge is 0.251 e. The maximum atomic E-state index is 12.2. The van der Waals surface area contributed by atoms with Crippen LogP contribution in [0.25, 0.3) is 10.9 Å². The summed E-state index contributed by atoms with van der Waals surface area (Å²) < 4.78 is 9.96. The molecule has 3 rings (SSSR count). The molecule has 8 heteroatoms. The molecule has 0 radical (unpaired) electrons. The first-order chi connectivity index (χ1) is 12.0. The zero-order valence-corrected chi connectivity index (χ0v) is 14.0. The van der Waals surface area contributed by atoms with Gasteiger partial charge in [-0.25, -0.2) is 0 Å². The summed E-state index contributed by atoms with van der Waals surface area (Å²) in [6.45, 7) is 2.01. The molecule has 0 aliphatic rings. The molecule has 0 spiro atoms. The summed E-state index contributed by atoms with van der Waals surface area (Å²) >= 11 is 0. The highest BCUT2D eigenvalue weighted by Gasteiger charge is 2.09. The Labute approximate surface area is 143 Å². The van der Waals surface area contributed by atoms with E-state index in [4.69, 9.17) is 9.26 Å². The number of fused-ring (bicyclic) bond motifs is 1. The molecule has 0 aliphatic carbocycles. The van der Waals surface area contributed by atoms with Crippen molar-refractivity contribution in [2.75, 3.05) is 13.7 Å². The second-order valence-electron chi connectivity index (χ2n) is 5.58. The first-order valence-corrected chi connectivity index (χ1v) is 7.81. The van der Waals surface area contributed by atoms with Gasteiger partial charge >= 0.3 is 0 Å². The van der Waals surface area contributed by atoms with E-state index < -0.39 is 0 Å². The molecule has 2 heterocycles. The van der Waals surface area contributed by atoms with Gasteiger partial charge < -0.3 is 19.6 Å². The van der Waals surface area contributed by atoms with Crippen LogP contribution < -0.4 is 15.6 Å². The van der Waals surface area contributed by atoms with E-state index in [-0.39, 0.29) is 17.9 Å². The molecule has 0 aliphatic heterocycles. The minimum absolute atomic E-state index is 0.0468. The number of amides is 1. The Bertz CT molecular complexity index is 961. The van der Waals surface area contributed by atoms with Gasteiger partial charge in [0.1, 0.15) is 5.75 Å². The molecule has 3 aromatic rings. The van der Waals surface area contributed by atoms with Gasteiger partial charge in [-0.1, -0.05) is 5.16 Å². The number of benzene rings is 1. The van der Waals surface area contributed by atoms with Gasteiger partial charge in [-0.3, -0.25) is 9.59 Å². The molecular weight excluding hydrogens is 324 g/mol. The van der Waals surface area contributed by atoms with Crippen LogP contribution in [0.1, 0.15) is 17.3 Å². The maximum Gasteiger partial charge on any atom is 0.251 e. The van der Waals surface area contributed by atoms with Crippen molar-refractivity contribution in [1.82, 2.24) is 20.4 Å². The third kappa shape index (κ3) is 4.03. The van der Waals surface area contributed by atoms with Gasteiger partial charge in [-0.15, -0.1) is 0 Å². The van der Waals surface area contributed by atoms with E-state index in [1.54, 1.807) is 20.1 Å². The molecule has 1 aromatic carbocycles. The van der Waals surface area contributed by atoms with Gasteiger partial charge in [0.25, 0.3) is 5.56 Å². The number of carbonyl (C=O) groups excluding carboxylic acids is 1. The Morgan fingerprint density at radius 3 is 2.92 bits per heavy atom. The number of aromatic nitrogens is 3. The van der Waals surface area contributed by atoms with Crippen LogP contribution in [0.5, 0.6) is 5.75 Å². The van der Waals surface area contributed by atoms with Crippen LogP contribution in [-0.4, -0.2) is 34.7 Å². The molecular formula is C17H18N4O4. The Balaban J connectivity index is 1.62. The third-order valence-electron chi connectivity index (χ3n) is 3.73. The Kier molecular flexibility index (Phi) is 4.78. The normalized spacial score (nSPS) is 10.8. The van der Waals surface area contributed by atoms with Gasteiger partial charge in [0.05, 0.1) is 19.0 Å². The van der Waals surface area contributed by atoms with E-state index in [1.807, 2.05) is 18.2 Å². The third-order valence-corrected chi connectivity index (χ3v) is 3.73. The van der Waals surface area contributed by atoms with Crippen molar-refractivity contribution in [3.05, 3.63) is 51.9 Å². The number of nitrogens with one attached hydrogen (secondary N) is 2. The number of aryl methyl sites for hydroxylation is 1. The minimum Gasteiger partial charge on any atom is -0.497 e. The molecule has 1 amide bonds. The molecule has 2 N–H and O–H groups in total. The van der Waals surface area contributed by atoms with Crippen molar-refractivity contribution in [3.63, 3.8) is 0 Å². The SMILES string of the molecule is COc1ccc2cc(CCNC(=O)Cc3noc(C)n3)c(=O)[nH]c2c1. The largest absolute Gasteiger partial charge is 0.497 e. The fourth-order valence-electron chi connectivity index (χ4n) is 2.49. The van der Waals surface area contributed by atoms with E-state index >= 15 is 0 Å². The molecule has 2 aromatic heterocycles. The molecule has 25 heavy (non-hydrogen) atoms. The second-order valence-corrected chi connectivity index (χ2v) is 5.58. The van der Waals surface area contributed by atoms with Crippen LogP contribution in [0, 0.1) is 6.92 Å². The van der Waals surface area contributed by atoms with Crippen molar-refractivity contribution in [3.8, 4) is 5.75 Å². The van der Waals surface area contributed by atoms with Gasteiger partial charge in [-0.05, 0) is 30.0 Å². The number of nitrogens with zero attached hydrogens (tertiary/aromatic N) is 2. The predicted octanol–water partition coefficient (Wildman–Crippen LogP) is 1.13. The molecule has 0 fully saturated rings. The van der Waals surface area contributed by atoms with Crippen LogP contribution in [0.15, 0.2) is 33.6 Å². The number of aromatic amines is 1. The van der Waals surface area contributed by atoms with Crippen molar-refractivity contribution in [2.45, 2.75) is 19.8 Å². The zero-order valence-electron chi connectivity index (χ0n) is 14.0. The molecule has 0 saturated heterocycles. The Morgan fingerprint density at radius 2 is 2.20 bits per heavy atom. The highest BCUT2D eigenvalue weighted by atomic mass is 16.5. The number of H-pyrrole nitrogens is 1. The summed E-state index contributed by atoms with van der Waals surface area (Å²) in [6, 6.07) is 7.31. The lowest BCUT2D eigenvalue weighted by atomic mass is 10.1. The lowest BCUT2D eigenvalue weighted by molar-refractivity contribution is -0.120. The Morgan fingerprint density at radius 1 is 1.36 bits per heavy atom. The zero-order chi connectivity index (χ0) is 17.8. The molecule has 0 saturated carbocycles. The summed E-state index contributed by atoms with van der Waals surface area (Å²) in [5.41, 5.74) is 1.14. The maximum absolute atomic E-state index is 12.2. The Hall–Kier alpha value is -3.16. The van der Waals surface area contributed by atoms with Crippen molar-refractivity contribution >= 4 is 16.8 Å². The highest BCUT2D eigenvalue weighted by Crippen LogP contribution is 2.18. The van der Waals surface area contributed by atoms with Crippen molar-refractivity contribution < 1.29 is 14.1 Å². The average molecular weight is 342 g/mol. The molecule has 130 valence electrons. The molecule has 0 atom stereocenters. The number of hydrogen-bond donors (Lipinski definition) is 2. The van der Waals surface area contributed by atoms with Crippen LogP contribution in [0.3, 0.4) is 0 Å². The van der Waals surface area contributed by atoms with Crippen LogP contribution in [0.4, 0.5) is 0 Å². The number of carbonyl (C=O) groups is 1. The average Bonchev–Trinajstić information content (AvgIpc) is 2.99. The second kappa shape index (κ2) is 7.16. The van der Waals surface area contributed by atoms with Gasteiger partial charge in [0, 0.05) is 25.1 Å². The van der Waals surface area contributed by atoms with Crippen LogP contribution in [0.2, 0.25) is 0 Å². The first-order valence-electron chi connectivity index (χ1n) is 7.81. The fraction of sp³-hybridized carbons (Fsp3) is 0.294. The number of rotatable bonds is 6. The molecule has 8 nitrogen and oxygen atoms in total. The van der Waals surface area contributed by atoms with E-state index in [0.29, 0.717) is 41.5 Å². The van der Waals surface area contributed by atoms with Gasteiger partial charge in [-0.2, -0.15) is 4.98 Å². The predicted molar refractivity (Wildman–Crippen MR) is 90.6 cm³/mol. The summed E-state index contributed by atoms with van der Waals surface area (Å²) in [4.78, 5) is 30.8. The van der Waals surface area contributed by atoms with Crippen molar-refractivity contribution in [1.29, 1.82) is 0 Å². The van der Waals surface area contributed by atoms with E-state index in [2.05, 4.69) is 20.4 Å². The molecule has 0 unspecified atom stereocenters. The first kappa shape index (κ1) is 16.7. The lowest BCUT2D eigenvalue weighted by Gasteiger charge is -2.06. The number of pyridine rings is 1. The van der Waals surface area contributed by atoms with Crippen LogP contribution in [-0.2, 0) is 17.6 Å². The van der Waals surface area contributed by atoms with Gasteiger partial charge in [0.2, 0.25) is 11.8 Å². The summed E-state index contributed by atoms with van der Waals surface area (Å²) in [7, 11) is 1.58. The number of hydrogen-bond acceptors (Lipinski definition) is 6. The quantitative estimate of drug-likeness (QED) is 0.695. The highest BCUT2D eigenvalue weighted by molar-refractivity contribution is 5.80. The number of ether oxygens (including phenoxy) is 1. The van der Waals surface area contributed by atoms with E-state index in [9.17, 15) is 9.59 Å². The van der Waals surface area contributed by atoms with Crippen LogP contribution >= 0.6 is 0 Å². The molecule has 0 bridgehead atoms. The number of methoxy groups -OCH3 is 1. The van der Waals surface area contributed by atoms with E-state index in [0.717, 1.165) is 5.39 Å². The summed E-state index contributed by atoms with van der Waals surface area (Å²) in [5, 5.41) is 7.33. The fourth-order valence-corrected chi connectivity index (χ4v) is 2.49. The standard InChI is InChI=1S/C17H18N4O4/c1-10-19-15(21-25-10)9-16(22)18-6-5-12-7-11-3-4-13(24-2)8-14(11)20-17(12)23/h3-4,7-8H,5-6,9H2,1-2H3,(H,18,22)(H,20,23). The summed E-state index contributed by atoms with van der Waals surface area (Å²) in [5.74, 6) is 1.22.